The number of rotatable bonds is 6. The number of aromatic nitrogens is 2. The fourth-order valence-electron chi connectivity index (χ4n) is 1.47. The molecule has 0 amide bonds. The smallest absolute Gasteiger partial charge is 0.241 e. The van der Waals surface area contributed by atoms with Crippen LogP contribution < -0.4 is 10.1 Å². The summed E-state index contributed by atoms with van der Waals surface area (Å²) in [5.41, 5.74) is 0. The van der Waals surface area contributed by atoms with Crippen molar-refractivity contribution in [3.05, 3.63) is 42.5 Å². The number of nitrogens with zero attached hydrogens (tertiary/aromatic N) is 2. The van der Waals surface area contributed by atoms with Gasteiger partial charge in [0, 0.05) is 6.54 Å². The van der Waals surface area contributed by atoms with Gasteiger partial charge in [0.15, 0.2) is 10.3 Å². The summed E-state index contributed by atoms with van der Waals surface area (Å²) in [6.45, 7) is 4.10. The third-order valence-corrected chi connectivity index (χ3v) is 4.51. The summed E-state index contributed by atoms with van der Waals surface area (Å²) in [5, 5.41) is 12.0. The molecule has 11 heteroatoms. The first-order chi connectivity index (χ1) is 12.3. The Morgan fingerprint density at radius 2 is 1.31 bits per heavy atom. The predicted molar refractivity (Wildman–Crippen MR) is 109 cm³/mol. The van der Waals surface area contributed by atoms with E-state index in [9.17, 15) is 0 Å². The molecule has 144 valence electrons. The van der Waals surface area contributed by atoms with Gasteiger partial charge in [-0.15, -0.1) is 0 Å². The molecule has 2 N–H and O–H groups in total. The number of ether oxygens (including phenoxy) is 1. The van der Waals surface area contributed by atoms with Gasteiger partial charge in [0.2, 0.25) is 11.8 Å². The summed E-state index contributed by atoms with van der Waals surface area (Å²) in [6, 6.07) is 2.78. The van der Waals surface area contributed by atoms with Crippen LogP contribution in [0.25, 0.3) is 0 Å². The fraction of sp³-hybridized carbons (Fsp3) is 0.333. The van der Waals surface area contributed by atoms with Crippen LogP contribution in [-0.4, -0.2) is 34.8 Å². The van der Waals surface area contributed by atoms with Crippen molar-refractivity contribution in [1.82, 2.24) is 15.3 Å². The quantitative estimate of drug-likeness (QED) is 0.381. The minimum Gasteiger partial charge on any atom is -0.417 e. The highest BCUT2D eigenvalue weighted by Crippen LogP contribution is 2.36. The van der Waals surface area contributed by atoms with Crippen LogP contribution in [0.4, 0.5) is 0 Å². The average Bonchev–Trinajstić information content (AvgIpc) is 2.58. The van der Waals surface area contributed by atoms with E-state index in [0.717, 1.165) is 19.5 Å². The molecule has 0 saturated carbocycles. The molecule has 0 fully saturated rings. The molecule has 2 rings (SSSR count). The van der Waals surface area contributed by atoms with Gasteiger partial charge in [0.05, 0.1) is 16.7 Å². The maximum absolute atomic E-state index is 8.23. The van der Waals surface area contributed by atoms with Gasteiger partial charge in [0.25, 0.3) is 0 Å². The van der Waals surface area contributed by atoms with Crippen LogP contribution in [0, 0.1) is 0 Å². The largest absolute Gasteiger partial charge is 0.417 e. The highest BCUT2D eigenvalue weighted by molar-refractivity contribution is 6.43. The van der Waals surface area contributed by atoms with E-state index in [2.05, 4.69) is 22.2 Å². The first-order valence-electron chi connectivity index (χ1n) is 7.32. The Balaban J connectivity index is 0.000000412. The first-order valence-corrected chi connectivity index (χ1v) is 9.59. The van der Waals surface area contributed by atoms with Crippen molar-refractivity contribution in [2.24, 2.45) is 0 Å². The van der Waals surface area contributed by atoms with E-state index in [-0.39, 0.29) is 48.8 Å². The second-order valence-corrected chi connectivity index (χ2v) is 7.02. The Morgan fingerprint density at radius 1 is 0.846 bits per heavy atom. The lowest BCUT2D eigenvalue weighted by Crippen LogP contribution is -2.18. The Bertz CT molecular complexity index is 674. The standard InChI is InChI=1S/C10H2Cl6N2O.C5H13NO/c11-3-1-5(13)9(17-7(3)15)19-10-6(14)2-4(12)8(16)18-10;1-2-3-6-4-5-7/h1-2H;6-7H,2-5H2,1H3. The van der Waals surface area contributed by atoms with Crippen molar-refractivity contribution in [3.63, 3.8) is 0 Å². The van der Waals surface area contributed by atoms with E-state index < -0.39 is 0 Å². The Hall–Kier alpha value is -0.240. The zero-order valence-corrected chi connectivity index (χ0v) is 18.0. The van der Waals surface area contributed by atoms with E-state index in [1.807, 2.05) is 0 Å². The van der Waals surface area contributed by atoms with Crippen LogP contribution >= 0.6 is 69.6 Å². The molecule has 26 heavy (non-hydrogen) atoms. The van der Waals surface area contributed by atoms with E-state index in [1.165, 1.54) is 12.1 Å². The molecule has 2 heterocycles. The number of halogens is 6. The summed E-state index contributed by atoms with van der Waals surface area (Å²) in [6.07, 6.45) is 1.14. The SMILES string of the molecule is CCCNCCO.Clc1cc(Cl)c(Oc2nc(Cl)c(Cl)cc2Cl)nc1Cl. The minimum atomic E-state index is 0.00357. The molecule has 0 unspecified atom stereocenters. The highest BCUT2D eigenvalue weighted by Gasteiger charge is 2.14. The molecule has 2 aromatic rings. The summed E-state index contributed by atoms with van der Waals surface area (Å²) in [7, 11) is 0. The van der Waals surface area contributed by atoms with Crippen LogP contribution in [0.15, 0.2) is 12.1 Å². The Morgan fingerprint density at radius 3 is 1.69 bits per heavy atom. The number of nitrogens with one attached hydrogen (secondary N) is 1. The zero-order chi connectivity index (χ0) is 19.7. The van der Waals surface area contributed by atoms with Crippen molar-refractivity contribution in [1.29, 1.82) is 0 Å². The molecule has 0 radical (unpaired) electrons. The summed E-state index contributed by atoms with van der Waals surface area (Å²) < 4.78 is 5.34. The molecule has 0 aliphatic carbocycles. The van der Waals surface area contributed by atoms with E-state index >= 15 is 0 Å². The summed E-state index contributed by atoms with van der Waals surface area (Å²) >= 11 is 34.9. The lowest BCUT2D eigenvalue weighted by atomic mass is 10.4. The summed E-state index contributed by atoms with van der Waals surface area (Å²) in [4.78, 5) is 7.73. The first kappa shape index (κ1) is 23.8. The van der Waals surface area contributed by atoms with Gasteiger partial charge in [-0.05, 0) is 25.1 Å². The molecule has 0 aliphatic heterocycles. The molecular formula is C15H15Cl6N3O2. The monoisotopic (exact) mass is 479 g/mol. The maximum atomic E-state index is 8.23. The van der Waals surface area contributed by atoms with Crippen molar-refractivity contribution in [2.75, 3.05) is 19.7 Å². The molecular weight excluding hydrogens is 467 g/mol. The number of hydrogen-bond acceptors (Lipinski definition) is 5. The molecule has 0 aromatic carbocycles. The van der Waals surface area contributed by atoms with Gasteiger partial charge in [-0.25, -0.2) is 0 Å². The molecule has 0 bridgehead atoms. The second-order valence-electron chi connectivity index (χ2n) is 4.67. The molecule has 5 nitrogen and oxygen atoms in total. The zero-order valence-electron chi connectivity index (χ0n) is 13.5. The molecule has 0 atom stereocenters. The minimum absolute atomic E-state index is 0.00357. The van der Waals surface area contributed by atoms with Gasteiger partial charge in [0.1, 0.15) is 10.0 Å². The lowest BCUT2D eigenvalue weighted by Gasteiger charge is -2.09. The van der Waals surface area contributed by atoms with E-state index in [1.54, 1.807) is 0 Å². The van der Waals surface area contributed by atoms with Gasteiger partial charge in [-0.3, -0.25) is 0 Å². The number of hydrogen-bond donors (Lipinski definition) is 2. The molecule has 2 aromatic heterocycles. The lowest BCUT2D eigenvalue weighted by molar-refractivity contribution is 0.292. The molecule has 0 saturated heterocycles. The van der Waals surface area contributed by atoms with Gasteiger partial charge >= 0.3 is 0 Å². The van der Waals surface area contributed by atoms with Crippen molar-refractivity contribution < 1.29 is 9.84 Å². The van der Waals surface area contributed by atoms with Crippen molar-refractivity contribution in [3.8, 4) is 11.8 Å². The van der Waals surface area contributed by atoms with Crippen LogP contribution in [0.1, 0.15) is 13.3 Å². The second kappa shape index (κ2) is 12.3. The van der Waals surface area contributed by atoms with Crippen LogP contribution in [0.2, 0.25) is 30.4 Å². The van der Waals surface area contributed by atoms with Crippen molar-refractivity contribution >= 4 is 69.6 Å². The third-order valence-electron chi connectivity index (χ3n) is 2.62. The Labute approximate surface area is 181 Å². The number of aliphatic hydroxyl groups excluding tert-OH is 1. The highest BCUT2D eigenvalue weighted by atomic mass is 35.5. The van der Waals surface area contributed by atoms with Gasteiger partial charge < -0.3 is 15.2 Å². The Kier molecular flexibility index (Phi) is 11.2. The van der Waals surface area contributed by atoms with Crippen LogP contribution in [-0.2, 0) is 0 Å². The predicted octanol–water partition coefficient (Wildman–Crippen LogP) is 6.17. The van der Waals surface area contributed by atoms with E-state index in [0.29, 0.717) is 0 Å². The van der Waals surface area contributed by atoms with Gasteiger partial charge in [-0.1, -0.05) is 76.5 Å². The normalized spacial score (nSPS) is 10.3. The van der Waals surface area contributed by atoms with E-state index in [4.69, 9.17) is 79.4 Å². The molecule has 0 aliphatic rings. The third kappa shape index (κ3) is 7.79. The van der Waals surface area contributed by atoms with Gasteiger partial charge in [-0.2, -0.15) is 9.97 Å². The molecule has 0 spiro atoms. The average molecular weight is 482 g/mol. The fourth-order valence-corrected chi connectivity index (χ4v) is 2.53. The van der Waals surface area contributed by atoms with Crippen molar-refractivity contribution in [2.45, 2.75) is 13.3 Å². The number of pyridine rings is 2. The maximum Gasteiger partial charge on any atom is 0.241 e. The van der Waals surface area contributed by atoms with Crippen LogP contribution in [0.3, 0.4) is 0 Å². The number of aliphatic hydroxyl groups is 1. The van der Waals surface area contributed by atoms with Crippen LogP contribution in [0.5, 0.6) is 11.8 Å². The summed E-state index contributed by atoms with van der Waals surface area (Å²) in [5.74, 6) is 0.00714. The topological polar surface area (TPSA) is 67.3 Å².